The maximum absolute atomic E-state index is 14.0. The Balaban J connectivity index is 1.35. The summed E-state index contributed by atoms with van der Waals surface area (Å²) >= 11 is 13.4. The Labute approximate surface area is 303 Å². The van der Waals surface area contributed by atoms with Crippen LogP contribution < -0.4 is 5.32 Å². The van der Waals surface area contributed by atoms with E-state index in [-0.39, 0.29) is 55.4 Å². The van der Waals surface area contributed by atoms with Gasteiger partial charge in [-0.15, -0.1) is 0 Å². The fourth-order valence-corrected chi connectivity index (χ4v) is 9.98. The lowest BCUT2D eigenvalue weighted by Gasteiger charge is -2.45. The minimum absolute atomic E-state index is 0.0294. The third-order valence-corrected chi connectivity index (χ3v) is 13.0. The van der Waals surface area contributed by atoms with E-state index in [9.17, 15) is 22.8 Å². The number of hydrogen-bond acceptors (Lipinski definition) is 10. The fourth-order valence-electron chi connectivity index (χ4n) is 8.02. The molecule has 4 aliphatic rings. The summed E-state index contributed by atoms with van der Waals surface area (Å²) in [6.07, 6.45) is 4.46. The minimum Gasteiger partial charge on any atom is -0.466 e. The number of piperidine rings is 1. The molecule has 4 heterocycles. The quantitative estimate of drug-likeness (QED) is 0.374. The van der Waals surface area contributed by atoms with Crippen molar-refractivity contribution >= 4 is 50.9 Å². The van der Waals surface area contributed by atoms with Gasteiger partial charge in [0.1, 0.15) is 0 Å². The molecular weight excluding hydrogens is 703 g/mol. The highest BCUT2D eigenvalue weighted by Gasteiger charge is 2.44. The van der Waals surface area contributed by atoms with Gasteiger partial charge in [0, 0.05) is 71.3 Å². The van der Waals surface area contributed by atoms with Crippen molar-refractivity contribution in [2.45, 2.75) is 61.0 Å². The van der Waals surface area contributed by atoms with Crippen molar-refractivity contribution in [3.05, 3.63) is 86.7 Å². The van der Waals surface area contributed by atoms with Gasteiger partial charge in [0.25, 0.3) is 0 Å². The van der Waals surface area contributed by atoms with Gasteiger partial charge >= 0.3 is 11.9 Å². The van der Waals surface area contributed by atoms with Crippen molar-refractivity contribution in [1.29, 1.82) is 0 Å². The Bertz CT molecular complexity index is 1790. The number of hydrogen-bond donors (Lipinski definition) is 1. The first-order chi connectivity index (χ1) is 23.9. The van der Waals surface area contributed by atoms with Gasteiger partial charge in [0.2, 0.25) is 5.91 Å². The summed E-state index contributed by atoms with van der Waals surface area (Å²) in [4.78, 5) is 48.1. The van der Waals surface area contributed by atoms with Crippen molar-refractivity contribution in [1.82, 2.24) is 20.0 Å². The topological polar surface area (TPSA) is 126 Å². The third kappa shape index (κ3) is 7.18. The van der Waals surface area contributed by atoms with Gasteiger partial charge in [0.15, 0.2) is 9.84 Å². The molecule has 3 unspecified atom stereocenters. The van der Waals surface area contributed by atoms with Crippen LogP contribution in [-0.4, -0.2) is 112 Å². The van der Waals surface area contributed by atoms with Crippen LogP contribution in [0.5, 0.6) is 0 Å². The minimum atomic E-state index is -4.04. The number of dihydropyridines is 1. The van der Waals surface area contributed by atoms with Gasteiger partial charge in [-0.2, -0.15) is 0 Å². The number of nitrogens with one attached hydrogen (secondary N) is 1. The van der Waals surface area contributed by atoms with E-state index in [0.717, 1.165) is 33.0 Å². The molecule has 6 rings (SSSR count). The summed E-state index contributed by atoms with van der Waals surface area (Å²) in [5.74, 6) is -3.97. The number of fused-ring (bicyclic) bond motifs is 2. The van der Waals surface area contributed by atoms with Crippen LogP contribution in [0, 0.1) is 0 Å². The lowest BCUT2D eigenvalue weighted by atomic mass is 9.79. The van der Waals surface area contributed by atoms with Crippen molar-refractivity contribution in [2.24, 2.45) is 0 Å². The molecule has 1 amide bonds. The van der Waals surface area contributed by atoms with E-state index >= 15 is 0 Å². The number of rotatable bonds is 9. The average Bonchev–Trinajstić information content (AvgIpc) is 3.29. The number of nitrogens with zero attached hydrogens (tertiary/aromatic N) is 3. The Morgan fingerprint density at radius 3 is 1.92 bits per heavy atom. The maximum atomic E-state index is 14.0. The number of carbonyl (C=O) groups is 3. The van der Waals surface area contributed by atoms with Crippen LogP contribution in [0.3, 0.4) is 0 Å². The van der Waals surface area contributed by atoms with Crippen LogP contribution in [0.4, 0.5) is 0 Å². The average molecular weight is 746 g/mol. The lowest BCUT2D eigenvalue weighted by Crippen LogP contribution is -2.56. The summed E-state index contributed by atoms with van der Waals surface area (Å²) in [6.45, 7) is 2.50. The first-order valence-corrected chi connectivity index (χ1v) is 19.2. The van der Waals surface area contributed by atoms with E-state index < -0.39 is 33.4 Å². The van der Waals surface area contributed by atoms with Crippen LogP contribution in [0.25, 0.3) is 0 Å². The van der Waals surface area contributed by atoms with Gasteiger partial charge in [-0.3, -0.25) is 9.69 Å². The fraction of sp³-hybridized carbons (Fsp3) is 0.472. The van der Waals surface area contributed by atoms with E-state index in [4.69, 9.17) is 32.7 Å². The molecular formula is C36H42Cl2N4O7S. The molecule has 14 heteroatoms. The van der Waals surface area contributed by atoms with Crippen LogP contribution in [0.1, 0.15) is 43.6 Å². The molecule has 0 aliphatic carbocycles. The zero-order valence-electron chi connectivity index (χ0n) is 28.4. The number of benzene rings is 2. The zero-order valence-corrected chi connectivity index (χ0v) is 30.7. The highest BCUT2D eigenvalue weighted by atomic mass is 35.5. The molecule has 3 fully saturated rings. The predicted molar refractivity (Wildman–Crippen MR) is 189 cm³/mol. The summed E-state index contributed by atoms with van der Waals surface area (Å²) in [6, 6.07) is 14.2. The molecule has 11 nitrogen and oxygen atoms in total. The Kier molecular flexibility index (Phi) is 10.9. The van der Waals surface area contributed by atoms with Gasteiger partial charge in [-0.1, -0.05) is 47.5 Å². The third-order valence-electron chi connectivity index (χ3n) is 10.6. The number of amides is 1. The van der Waals surface area contributed by atoms with Crippen molar-refractivity contribution in [3.8, 4) is 0 Å². The van der Waals surface area contributed by atoms with E-state index in [1.54, 1.807) is 41.3 Å². The molecule has 4 aliphatic heterocycles. The molecule has 3 atom stereocenters. The van der Waals surface area contributed by atoms with Crippen LogP contribution in [0.15, 0.2) is 76.0 Å². The standard InChI is InChI=1S/C36H42Cl2N4O7S/c1-40-22-12-13-23(40)19-24(18-22)41-14-16-42(17-15-41)30(43)20-28-32(35(44)48-2)34(31-26(37)10-7-11-27(31)38)33(36(45)49-3)29(39-28)21-50(46,47)25-8-5-4-6-9-25/h4-11,22-24,34,39H,12-21H2,1-3H3. The summed E-state index contributed by atoms with van der Waals surface area (Å²) in [7, 11) is 0.526. The molecule has 1 N–H and O–H groups in total. The van der Waals surface area contributed by atoms with E-state index in [0.29, 0.717) is 31.2 Å². The highest BCUT2D eigenvalue weighted by Crippen LogP contribution is 2.46. The second kappa shape index (κ2) is 15.1. The normalized spacial score (nSPS) is 24.6. The van der Waals surface area contributed by atoms with Gasteiger partial charge in [-0.25, -0.2) is 18.0 Å². The lowest BCUT2D eigenvalue weighted by molar-refractivity contribution is -0.137. The van der Waals surface area contributed by atoms with Crippen molar-refractivity contribution in [3.63, 3.8) is 0 Å². The molecule has 2 aromatic carbocycles. The second-order valence-electron chi connectivity index (χ2n) is 13.3. The Hall–Kier alpha value is -3.42. The number of carbonyl (C=O) groups excluding carboxylic acids is 3. The molecule has 2 aromatic rings. The Morgan fingerprint density at radius 2 is 1.36 bits per heavy atom. The highest BCUT2D eigenvalue weighted by molar-refractivity contribution is 7.91. The molecule has 0 aromatic heterocycles. The Morgan fingerprint density at radius 1 is 0.800 bits per heavy atom. The molecule has 0 radical (unpaired) electrons. The van der Waals surface area contributed by atoms with Gasteiger partial charge in [-0.05, 0) is 57.0 Å². The van der Waals surface area contributed by atoms with E-state index in [1.165, 1.54) is 32.1 Å². The number of esters is 2. The van der Waals surface area contributed by atoms with Gasteiger partial charge < -0.3 is 24.6 Å². The number of piperazine rings is 1. The molecule has 0 spiro atoms. The first-order valence-electron chi connectivity index (χ1n) is 16.8. The molecule has 268 valence electrons. The van der Waals surface area contributed by atoms with E-state index in [2.05, 4.69) is 22.2 Å². The number of sulfone groups is 1. The maximum Gasteiger partial charge on any atom is 0.336 e. The number of ether oxygens (including phenoxy) is 2. The summed E-state index contributed by atoms with van der Waals surface area (Å²) in [5.41, 5.74) is -0.0443. The smallest absolute Gasteiger partial charge is 0.336 e. The van der Waals surface area contributed by atoms with Crippen molar-refractivity contribution in [2.75, 3.05) is 53.2 Å². The van der Waals surface area contributed by atoms with Crippen LogP contribution in [0.2, 0.25) is 10.0 Å². The molecule has 2 bridgehead atoms. The molecule has 0 saturated carbocycles. The first kappa shape index (κ1) is 36.4. The molecule has 3 saturated heterocycles. The number of halogens is 2. The molecule has 50 heavy (non-hydrogen) atoms. The van der Waals surface area contributed by atoms with Crippen molar-refractivity contribution < 1.29 is 32.3 Å². The van der Waals surface area contributed by atoms with Gasteiger partial charge in [0.05, 0.1) is 48.4 Å². The summed E-state index contributed by atoms with van der Waals surface area (Å²) in [5, 5.41) is 3.28. The number of methoxy groups -OCH3 is 2. The summed E-state index contributed by atoms with van der Waals surface area (Å²) < 4.78 is 37.8. The SMILES string of the molecule is COC(=O)C1=C(CC(=O)N2CCN(C3CC4CCC(C3)N4C)CC2)NC(CS(=O)(=O)c2ccccc2)=C(C(=O)OC)C1c1c(Cl)cccc1Cl. The predicted octanol–water partition coefficient (Wildman–Crippen LogP) is 4.17. The monoisotopic (exact) mass is 744 g/mol. The van der Waals surface area contributed by atoms with Crippen LogP contribution in [-0.2, 0) is 33.7 Å². The van der Waals surface area contributed by atoms with E-state index in [1.807, 2.05) is 0 Å². The van der Waals surface area contributed by atoms with Crippen LogP contribution >= 0.6 is 23.2 Å². The largest absolute Gasteiger partial charge is 0.466 e. The zero-order chi connectivity index (χ0) is 35.7. The second-order valence-corrected chi connectivity index (χ2v) is 16.1.